The van der Waals surface area contributed by atoms with E-state index in [2.05, 4.69) is 67.2 Å². The van der Waals surface area contributed by atoms with Crippen LogP contribution in [0.5, 0.6) is 0 Å². The molecule has 7 rings (SSSR count). The number of H-pyrrole nitrogens is 1. The number of piperidine rings is 1. The predicted molar refractivity (Wildman–Crippen MR) is 114 cm³/mol. The van der Waals surface area contributed by atoms with Crippen LogP contribution in [0.25, 0.3) is 22.3 Å². The van der Waals surface area contributed by atoms with Gasteiger partial charge in [0.2, 0.25) is 0 Å². The lowest BCUT2D eigenvalue weighted by atomic mass is 9.86. The van der Waals surface area contributed by atoms with E-state index >= 15 is 0 Å². The minimum atomic E-state index is 0.622. The highest BCUT2D eigenvalue weighted by molar-refractivity contribution is 5.90. The van der Waals surface area contributed by atoms with Crippen LogP contribution in [-0.4, -0.2) is 50.0 Å². The molecule has 1 aromatic carbocycles. The Bertz CT molecular complexity index is 1120. The van der Waals surface area contributed by atoms with Crippen molar-refractivity contribution in [2.24, 2.45) is 0 Å². The molecule has 2 atom stereocenters. The number of aromatic nitrogens is 4. The van der Waals surface area contributed by atoms with Crippen LogP contribution in [0, 0.1) is 0 Å². The summed E-state index contributed by atoms with van der Waals surface area (Å²) in [6.45, 7) is 3.15. The molecule has 144 valence electrons. The maximum atomic E-state index is 4.77. The van der Waals surface area contributed by atoms with Crippen molar-refractivity contribution in [1.82, 2.24) is 24.8 Å². The Kier molecular flexibility index (Phi) is 3.84. The van der Waals surface area contributed by atoms with Gasteiger partial charge in [0.05, 0.1) is 5.69 Å². The van der Waals surface area contributed by atoms with Crippen LogP contribution in [0.3, 0.4) is 0 Å². The third-order valence-electron chi connectivity index (χ3n) is 6.25. The zero-order valence-electron chi connectivity index (χ0n) is 16.1. The molecule has 3 fully saturated rings. The van der Waals surface area contributed by atoms with E-state index in [-0.39, 0.29) is 0 Å². The van der Waals surface area contributed by atoms with Crippen molar-refractivity contribution < 1.29 is 0 Å². The second-order valence-corrected chi connectivity index (χ2v) is 7.97. The SMILES string of the molecule is c1ccc(CN2C3CC2CN(c2ccc(-c4ncnc5[nH]ccc45)cn2)C3)cc1. The average Bonchev–Trinajstić information content (AvgIpc) is 3.27. The van der Waals surface area contributed by atoms with Gasteiger partial charge in [-0.3, -0.25) is 4.90 Å². The summed E-state index contributed by atoms with van der Waals surface area (Å²) >= 11 is 0. The minimum Gasteiger partial charge on any atom is -0.353 e. The Balaban J connectivity index is 1.18. The number of piperazine rings is 1. The standard InChI is InChI=1S/C23H22N6/c1-2-4-16(5-3-1)12-29-18-10-19(29)14-28(13-18)21-7-6-17(11-25-21)22-20-8-9-24-23(20)27-15-26-22/h1-9,11,15,18-19H,10,12-14H2,(H,24,26,27). The summed E-state index contributed by atoms with van der Waals surface area (Å²) < 4.78 is 0. The van der Waals surface area contributed by atoms with Gasteiger partial charge in [-0.1, -0.05) is 30.3 Å². The Labute approximate surface area is 169 Å². The highest BCUT2D eigenvalue weighted by Gasteiger charge is 2.44. The van der Waals surface area contributed by atoms with Gasteiger partial charge in [-0.2, -0.15) is 0 Å². The van der Waals surface area contributed by atoms with E-state index in [4.69, 9.17) is 4.98 Å². The Morgan fingerprint density at radius 2 is 1.79 bits per heavy atom. The highest BCUT2D eigenvalue weighted by Crippen LogP contribution is 2.35. The summed E-state index contributed by atoms with van der Waals surface area (Å²) in [6.07, 6.45) is 6.73. The molecule has 6 nitrogen and oxygen atoms in total. The molecule has 3 aliphatic rings. The Morgan fingerprint density at radius 1 is 0.931 bits per heavy atom. The average molecular weight is 382 g/mol. The molecule has 3 aromatic heterocycles. The molecule has 0 aliphatic carbocycles. The summed E-state index contributed by atoms with van der Waals surface area (Å²) in [7, 11) is 0. The van der Waals surface area contributed by atoms with E-state index in [9.17, 15) is 0 Å². The lowest BCUT2D eigenvalue weighted by molar-refractivity contribution is -0.00867. The van der Waals surface area contributed by atoms with Crippen LogP contribution >= 0.6 is 0 Å². The molecular formula is C23H22N6. The van der Waals surface area contributed by atoms with Gasteiger partial charge in [0.25, 0.3) is 0 Å². The quantitative estimate of drug-likeness (QED) is 0.586. The van der Waals surface area contributed by atoms with Crippen molar-refractivity contribution in [2.75, 3.05) is 18.0 Å². The fourth-order valence-corrected chi connectivity index (χ4v) is 4.74. The molecule has 2 unspecified atom stereocenters. The van der Waals surface area contributed by atoms with Crippen molar-refractivity contribution in [3.63, 3.8) is 0 Å². The van der Waals surface area contributed by atoms with E-state index < -0.39 is 0 Å². The van der Waals surface area contributed by atoms with Gasteiger partial charge >= 0.3 is 0 Å². The lowest BCUT2D eigenvalue weighted by Gasteiger charge is -2.56. The molecule has 2 bridgehead atoms. The predicted octanol–water partition coefficient (Wildman–Crippen LogP) is 3.48. The molecule has 6 heterocycles. The van der Waals surface area contributed by atoms with Gasteiger partial charge in [-0.25, -0.2) is 15.0 Å². The number of hydrogen-bond acceptors (Lipinski definition) is 5. The summed E-state index contributed by atoms with van der Waals surface area (Å²) in [5.74, 6) is 1.06. The van der Waals surface area contributed by atoms with Crippen LogP contribution in [0.15, 0.2) is 67.3 Å². The van der Waals surface area contributed by atoms with E-state index in [0.717, 1.165) is 47.7 Å². The number of rotatable bonds is 4. The topological polar surface area (TPSA) is 60.9 Å². The summed E-state index contributed by atoms with van der Waals surface area (Å²) in [4.78, 5) is 21.7. The smallest absolute Gasteiger partial charge is 0.141 e. The van der Waals surface area contributed by atoms with Gasteiger partial charge in [0.15, 0.2) is 0 Å². The fraction of sp³-hybridized carbons (Fsp3) is 0.261. The van der Waals surface area contributed by atoms with Crippen molar-refractivity contribution in [1.29, 1.82) is 0 Å². The van der Waals surface area contributed by atoms with Crippen molar-refractivity contribution in [3.05, 3.63) is 72.8 Å². The van der Waals surface area contributed by atoms with E-state index in [1.165, 1.54) is 12.0 Å². The Hall–Kier alpha value is -3.25. The number of hydrogen-bond donors (Lipinski definition) is 1. The van der Waals surface area contributed by atoms with Crippen LogP contribution in [-0.2, 0) is 6.54 Å². The van der Waals surface area contributed by atoms with E-state index in [1.807, 2.05) is 18.5 Å². The maximum absolute atomic E-state index is 4.77. The number of anilines is 1. The summed E-state index contributed by atoms with van der Waals surface area (Å²) in [6, 6.07) is 18.3. The molecule has 1 N–H and O–H groups in total. The first-order chi connectivity index (χ1) is 14.3. The van der Waals surface area contributed by atoms with Gasteiger partial charge < -0.3 is 9.88 Å². The Morgan fingerprint density at radius 3 is 2.59 bits per heavy atom. The number of aromatic amines is 1. The normalized spacial score (nSPS) is 21.3. The molecule has 6 heteroatoms. The fourth-order valence-electron chi connectivity index (χ4n) is 4.74. The number of nitrogens with one attached hydrogen (secondary N) is 1. The highest BCUT2D eigenvalue weighted by atomic mass is 15.4. The van der Waals surface area contributed by atoms with Gasteiger partial charge in [0.1, 0.15) is 17.8 Å². The molecule has 29 heavy (non-hydrogen) atoms. The molecule has 0 amide bonds. The van der Waals surface area contributed by atoms with Crippen molar-refractivity contribution in [3.8, 4) is 11.3 Å². The first-order valence-electron chi connectivity index (χ1n) is 10.1. The third kappa shape index (κ3) is 2.87. The van der Waals surface area contributed by atoms with E-state index in [0.29, 0.717) is 12.1 Å². The second kappa shape index (κ2) is 6.67. The molecule has 0 spiro atoms. The van der Waals surface area contributed by atoms with Crippen LogP contribution in [0.2, 0.25) is 0 Å². The number of pyridine rings is 1. The first-order valence-corrected chi connectivity index (χ1v) is 10.1. The van der Waals surface area contributed by atoms with Crippen molar-refractivity contribution >= 4 is 16.9 Å². The number of nitrogens with zero attached hydrogens (tertiary/aromatic N) is 5. The molecule has 0 radical (unpaired) electrons. The van der Waals surface area contributed by atoms with Gasteiger partial charge in [0, 0.05) is 55.1 Å². The van der Waals surface area contributed by atoms with Crippen LogP contribution in [0.4, 0.5) is 5.82 Å². The van der Waals surface area contributed by atoms with Crippen LogP contribution in [0.1, 0.15) is 12.0 Å². The maximum Gasteiger partial charge on any atom is 0.141 e. The molecule has 4 aromatic rings. The minimum absolute atomic E-state index is 0.622. The lowest BCUT2D eigenvalue weighted by Crippen LogP contribution is -2.68. The number of fused-ring (bicyclic) bond motifs is 3. The summed E-state index contributed by atoms with van der Waals surface area (Å²) in [5.41, 5.74) is 4.20. The zero-order valence-corrected chi connectivity index (χ0v) is 16.1. The van der Waals surface area contributed by atoms with Crippen molar-refractivity contribution in [2.45, 2.75) is 25.0 Å². The van der Waals surface area contributed by atoms with Gasteiger partial charge in [-0.15, -0.1) is 0 Å². The summed E-state index contributed by atoms with van der Waals surface area (Å²) in [5, 5.41) is 1.03. The van der Waals surface area contributed by atoms with E-state index in [1.54, 1.807) is 6.33 Å². The molecule has 3 saturated heterocycles. The molecular weight excluding hydrogens is 360 g/mol. The molecule has 3 aliphatic heterocycles. The first kappa shape index (κ1) is 16.7. The monoisotopic (exact) mass is 382 g/mol. The third-order valence-corrected chi connectivity index (χ3v) is 6.25. The van der Waals surface area contributed by atoms with Crippen LogP contribution < -0.4 is 4.90 Å². The molecule has 0 saturated carbocycles. The number of benzene rings is 1. The van der Waals surface area contributed by atoms with Gasteiger partial charge in [-0.05, 0) is 30.2 Å². The zero-order chi connectivity index (χ0) is 19.2. The largest absolute Gasteiger partial charge is 0.353 e. The second-order valence-electron chi connectivity index (χ2n) is 7.97.